The second-order valence-electron chi connectivity index (χ2n) is 6.88. The van der Waals surface area contributed by atoms with Gasteiger partial charge in [0.1, 0.15) is 0 Å². The Balaban J connectivity index is 1.61. The molecule has 0 aliphatic rings. The Hall–Kier alpha value is -3.29. The summed E-state index contributed by atoms with van der Waals surface area (Å²) < 4.78 is 26.7. The smallest absolute Gasteiger partial charge is 0.267 e. The van der Waals surface area contributed by atoms with Gasteiger partial charge in [-0.3, -0.25) is 4.79 Å². The van der Waals surface area contributed by atoms with E-state index in [2.05, 4.69) is 10.5 Å². The fraction of sp³-hybridized carbons (Fsp3) is 0.130. The second kappa shape index (κ2) is 9.47. The number of nitrogens with zero attached hydrogens (tertiary/aromatic N) is 2. The maximum absolute atomic E-state index is 12.7. The number of nitrogens with one attached hydrogen (secondary N) is 1. The molecular weight excluding hydrogens is 398 g/mol. The third-order valence-corrected chi connectivity index (χ3v) is 6.35. The monoisotopic (exact) mass is 421 g/mol. The van der Waals surface area contributed by atoms with Crippen LogP contribution >= 0.6 is 0 Å². The van der Waals surface area contributed by atoms with Crippen LogP contribution in [0.1, 0.15) is 27.0 Å². The lowest BCUT2D eigenvalue weighted by molar-refractivity contribution is 0.0955. The molecule has 0 aliphatic carbocycles. The van der Waals surface area contributed by atoms with Crippen LogP contribution in [0.15, 0.2) is 88.9 Å². The predicted octanol–water partition coefficient (Wildman–Crippen LogP) is 3.58. The van der Waals surface area contributed by atoms with E-state index in [1.54, 1.807) is 54.7 Å². The number of carbonyl (C=O) groups is 1. The molecule has 0 fully saturated rings. The molecule has 3 rings (SSSR count). The minimum absolute atomic E-state index is 0.199. The van der Waals surface area contributed by atoms with Gasteiger partial charge in [-0.2, -0.15) is 9.41 Å². The van der Waals surface area contributed by atoms with Gasteiger partial charge in [0, 0.05) is 19.2 Å². The Morgan fingerprint density at radius 1 is 0.967 bits per heavy atom. The van der Waals surface area contributed by atoms with Crippen molar-refractivity contribution >= 4 is 22.1 Å². The van der Waals surface area contributed by atoms with Crippen LogP contribution in [0.4, 0.5) is 0 Å². The average Bonchev–Trinajstić information content (AvgIpc) is 2.75. The van der Waals surface area contributed by atoms with Crippen molar-refractivity contribution in [2.45, 2.75) is 18.4 Å². The molecule has 154 valence electrons. The van der Waals surface area contributed by atoms with Gasteiger partial charge < -0.3 is 0 Å². The minimum atomic E-state index is -3.58. The van der Waals surface area contributed by atoms with Crippen molar-refractivity contribution in [2.24, 2.45) is 5.10 Å². The maximum Gasteiger partial charge on any atom is 0.271 e. The van der Waals surface area contributed by atoms with Crippen LogP contribution in [0, 0.1) is 6.92 Å². The average molecular weight is 422 g/mol. The van der Waals surface area contributed by atoms with Gasteiger partial charge in [-0.1, -0.05) is 60.2 Å². The van der Waals surface area contributed by atoms with Crippen molar-refractivity contribution in [2.75, 3.05) is 7.05 Å². The molecule has 0 bridgehead atoms. The highest BCUT2D eigenvalue weighted by Crippen LogP contribution is 2.17. The van der Waals surface area contributed by atoms with Gasteiger partial charge in [-0.25, -0.2) is 13.8 Å². The highest BCUT2D eigenvalue weighted by atomic mass is 32.2. The van der Waals surface area contributed by atoms with E-state index in [0.717, 1.165) is 16.7 Å². The molecule has 0 heterocycles. The Morgan fingerprint density at radius 3 is 2.23 bits per heavy atom. The molecule has 0 aromatic heterocycles. The molecule has 30 heavy (non-hydrogen) atoms. The summed E-state index contributed by atoms with van der Waals surface area (Å²) >= 11 is 0. The van der Waals surface area contributed by atoms with Crippen molar-refractivity contribution in [3.63, 3.8) is 0 Å². The first-order chi connectivity index (χ1) is 14.4. The van der Waals surface area contributed by atoms with E-state index in [1.165, 1.54) is 11.4 Å². The van der Waals surface area contributed by atoms with Gasteiger partial charge in [-0.15, -0.1) is 0 Å². The zero-order chi connectivity index (χ0) is 21.6. The summed E-state index contributed by atoms with van der Waals surface area (Å²) in [7, 11) is -2.05. The number of hydrazone groups is 1. The van der Waals surface area contributed by atoms with Crippen LogP contribution < -0.4 is 5.43 Å². The molecule has 0 unspecified atom stereocenters. The maximum atomic E-state index is 12.7. The zero-order valence-corrected chi connectivity index (χ0v) is 17.6. The van der Waals surface area contributed by atoms with Crippen molar-refractivity contribution in [3.8, 4) is 0 Å². The summed E-state index contributed by atoms with van der Waals surface area (Å²) in [6, 6.07) is 22.9. The molecule has 0 saturated heterocycles. The number of rotatable bonds is 7. The lowest BCUT2D eigenvalue weighted by atomic mass is 10.1. The van der Waals surface area contributed by atoms with E-state index in [1.807, 2.05) is 37.3 Å². The largest absolute Gasteiger partial charge is 0.271 e. The SMILES string of the molecule is Cc1ccc(S(=O)(=O)N(C)Cc2ccc(C(=O)N/N=C\c3ccccc3)cc2)cc1. The lowest BCUT2D eigenvalue weighted by Gasteiger charge is -2.17. The predicted molar refractivity (Wildman–Crippen MR) is 118 cm³/mol. The van der Waals surface area contributed by atoms with E-state index in [9.17, 15) is 13.2 Å². The summed E-state index contributed by atoms with van der Waals surface area (Å²) in [5, 5.41) is 3.95. The van der Waals surface area contributed by atoms with Gasteiger partial charge in [0.2, 0.25) is 10.0 Å². The first-order valence-corrected chi connectivity index (χ1v) is 10.8. The topological polar surface area (TPSA) is 78.8 Å². The molecular formula is C23H23N3O3S. The molecule has 1 N–H and O–H groups in total. The van der Waals surface area contributed by atoms with E-state index in [4.69, 9.17) is 0 Å². The number of aryl methyl sites for hydroxylation is 1. The molecule has 6 nitrogen and oxygen atoms in total. The molecule has 0 saturated carbocycles. The van der Waals surface area contributed by atoms with Gasteiger partial charge >= 0.3 is 0 Å². The molecule has 0 radical (unpaired) electrons. The number of sulfonamides is 1. The Labute approximate surface area is 176 Å². The molecule has 0 spiro atoms. The summed E-state index contributed by atoms with van der Waals surface area (Å²) in [6.07, 6.45) is 1.57. The number of carbonyl (C=O) groups excluding carboxylic acids is 1. The van der Waals surface area contributed by atoms with Crippen molar-refractivity contribution < 1.29 is 13.2 Å². The number of hydrogen-bond donors (Lipinski definition) is 1. The van der Waals surface area contributed by atoms with Crippen LogP contribution in [0.5, 0.6) is 0 Å². The summed E-state index contributed by atoms with van der Waals surface area (Å²) in [6.45, 7) is 2.11. The molecule has 7 heteroatoms. The standard InChI is InChI=1S/C23H23N3O3S/c1-18-8-14-22(15-9-18)30(28,29)26(2)17-20-10-12-21(13-11-20)23(27)25-24-16-19-6-4-3-5-7-19/h3-16H,17H2,1-2H3,(H,25,27)/b24-16-. The lowest BCUT2D eigenvalue weighted by Crippen LogP contribution is -2.26. The fourth-order valence-electron chi connectivity index (χ4n) is 2.76. The van der Waals surface area contributed by atoms with E-state index >= 15 is 0 Å². The van der Waals surface area contributed by atoms with Crippen molar-refractivity contribution in [1.82, 2.24) is 9.73 Å². The summed E-state index contributed by atoms with van der Waals surface area (Å²) in [4.78, 5) is 12.5. The van der Waals surface area contributed by atoms with E-state index in [0.29, 0.717) is 5.56 Å². The molecule has 1 amide bonds. The Bertz CT molecular complexity index is 1120. The minimum Gasteiger partial charge on any atom is -0.267 e. The number of benzene rings is 3. The third-order valence-electron chi connectivity index (χ3n) is 4.53. The highest BCUT2D eigenvalue weighted by molar-refractivity contribution is 7.89. The highest BCUT2D eigenvalue weighted by Gasteiger charge is 2.20. The van der Waals surface area contributed by atoms with Crippen molar-refractivity contribution in [3.05, 3.63) is 101 Å². The second-order valence-corrected chi connectivity index (χ2v) is 8.93. The quantitative estimate of drug-likeness (QED) is 0.468. The molecule has 0 aliphatic heterocycles. The fourth-order valence-corrected chi connectivity index (χ4v) is 3.92. The molecule has 3 aromatic rings. The Kier molecular flexibility index (Phi) is 6.76. The first kappa shape index (κ1) is 21.4. The molecule has 3 aromatic carbocycles. The third kappa shape index (κ3) is 5.40. The molecule has 0 atom stereocenters. The Morgan fingerprint density at radius 2 is 1.60 bits per heavy atom. The van der Waals surface area contributed by atoms with Crippen LogP contribution in [-0.2, 0) is 16.6 Å². The van der Waals surface area contributed by atoms with Crippen LogP contribution in [-0.4, -0.2) is 31.9 Å². The van der Waals surface area contributed by atoms with Crippen LogP contribution in [0.3, 0.4) is 0 Å². The normalized spacial score (nSPS) is 11.7. The summed E-state index contributed by atoms with van der Waals surface area (Å²) in [5.41, 5.74) is 5.57. The van der Waals surface area contributed by atoms with Gasteiger partial charge in [0.15, 0.2) is 0 Å². The van der Waals surface area contributed by atoms with E-state index in [-0.39, 0.29) is 17.3 Å². The summed E-state index contributed by atoms with van der Waals surface area (Å²) in [5.74, 6) is -0.339. The van der Waals surface area contributed by atoms with Gasteiger partial charge in [0.05, 0.1) is 11.1 Å². The van der Waals surface area contributed by atoms with E-state index < -0.39 is 10.0 Å². The van der Waals surface area contributed by atoms with Crippen molar-refractivity contribution in [1.29, 1.82) is 0 Å². The first-order valence-electron chi connectivity index (χ1n) is 9.37. The zero-order valence-electron chi connectivity index (χ0n) is 16.8. The van der Waals surface area contributed by atoms with Crippen LogP contribution in [0.25, 0.3) is 0 Å². The van der Waals surface area contributed by atoms with Gasteiger partial charge in [0.25, 0.3) is 5.91 Å². The number of amides is 1. The van der Waals surface area contributed by atoms with Crippen LogP contribution in [0.2, 0.25) is 0 Å². The number of hydrogen-bond acceptors (Lipinski definition) is 4. The van der Waals surface area contributed by atoms with Gasteiger partial charge in [-0.05, 0) is 42.3 Å².